The van der Waals surface area contributed by atoms with E-state index in [9.17, 15) is 46.0 Å². The van der Waals surface area contributed by atoms with Crippen LogP contribution in [0.5, 0.6) is 0 Å². The highest BCUT2D eigenvalue weighted by molar-refractivity contribution is 4.92. The van der Waals surface area contributed by atoms with Crippen molar-refractivity contribution >= 4 is 0 Å². The van der Waals surface area contributed by atoms with Crippen LogP contribution in [-0.4, -0.2) is 158 Å². The van der Waals surface area contributed by atoms with Crippen molar-refractivity contribution in [3.05, 3.63) is 0 Å². The molecule has 3 rings (SSSR count). The number of hydrogen-bond donors (Lipinski definition) is 9. The molecule has 15 atom stereocenters. The lowest BCUT2D eigenvalue weighted by Gasteiger charge is -2.43. The molecule has 41 heavy (non-hydrogen) atoms. The Balaban J connectivity index is 1.51. The van der Waals surface area contributed by atoms with Crippen LogP contribution in [0.3, 0.4) is 0 Å². The first kappa shape index (κ1) is 34.9. The number of unbranched alkanes of at least 4 members (excludes halogenated alkanes) is 5. The highest BCUT2D eigenvalue weighted by Gasteiger charge is 2.48. The lowest BCUT2D eigenvalue weighted by molar-refractivity contribution is -0.341. The number of ether oxygens (including phenoxy) is 6. The van der Waals surface area contributed by atoms with E-state index in [-0.39, 0.29) is 6.61 Å². The summed E-state index contributed by atoms with van der Waals surface area (Å²) in [6.07, 6.45) is -15.6. The highest BCUT2D eigenvalue weighted by atomic mass is 16.7. The van der Waals surface area contributed by atoms with Gasteiger partial charge in [-0.2, -0.15) is 0 Å². The second-order valence-electron chi connectivity index (χ2n) is 11.0. The van der Waals surface area contributed by atoms with E-state index in [0.717, 1.165) is 38.5 Å². The average Bonchev–Trinajstić information content (AvgIpc) is 2.96. The van der Waals surface area contributed by atoms with Crippen molar-refractivity contribution < 1.29 is 74.4 Å². The third kappa shape index (κ3) is 8.97. The SMILES string of the molecule is CCCCCCCCOC1O[C@H](COC2O[C@H](COC3O[C@@H](C)[C@@H](O)[C@@H](O)[C@@H]3O)[C@H](O)[C@H](O)[C@H]2O)[C@@H](O)[C@H](O)[C@H]1O. The molecule has 3 fully saturated rings. The van der Waals surface area contributed by atoms with Crippen LogP contribution >= 0.6 is 0 Å². The minimum absolute atomic E-state index is 0.272. The topological polar surface area (TPSA) is 237 Å². The molecule has 3 aliphatic rings. The summed E-state index contributed by atoms with van der Waals surface area (Å²) in [5.41, 5.74) is 0. The zero-order valence-corrected chi connectivity index (χ0v) is 23.5. The van der Waals surface area contributed by atoms with E-state index >= 15 is 0 Å². The first-order valence-electron chi connectivity index (χ1n) is 14.4. The normalized spacial score (nSPS) is 45.6. The Morgan fingerprint density at radius 1 is 0.463 bits per heavy atom. The van der Waals surface area contributed by atoms with Crippen LogP contribution in [0.4, 0.5) is 0 Å². The summed E-state index contributed by atoms with van der Waals surface area (Å²) < 4.78 is 33.1. The van der Waals surface area contributed by atoms with E-state index in [0.29, 0.717) is 0 Å². The molecule has 15 heteroatoms. The molecule has 0 amide bonds. The number of hydrogen-bond acceptors (Lipinski definition) is 15. The maximum absolute atomic E-state index is 10.4. The molecule has 0 aromatic heterocycles. The number of aliphatic hydroxyl groups excluding tert-OH is 9. The molecule has 0 saturated carbocycles. The zero-order chi connectivity index (χ0) is 30.3. The Kier molecular flexibility index (Phi) is 14.0. The molecule has 0 radical (unpaired) electrons. The Bertz CT molecular complexity index is 748. The van der Waals surface area contributed by atoms with Gasteiger partial charge in [0, 0.05) is 6.61 Å². The van der Waals surface area contributed by atoms with Crippen molar-refractivity contribution in [3.8, 4) is 0 Å². The largest absolute Gasteiger partial charge is 0.388 e. The molecule has 3 aliphatic heterocycles. The lowest BCUT2D eigenvalue weighted by Crippen LogP contribution is -2.62. The fourth-order valence-corrected chi connectivity index (χ4v) is 5.00. The smallest absolute Gasteiger partial charge is 0.186 e. The Morgan fingerprint density at radius 2 is 0.878 bits per heavy atom. The van der Waals surface area contributed by atoms with Gasteiger partial charge < -0.3 is 74.4 Å². The van der Waals surface area contributed by atoms with E-state index in [1.807, 2.05) is 0 Å². The molecular weight excluding hydrogens is 552 g/mol. The molecule has 0 aromatic carbocycles. The average molecular weight is 601 g/mol. The monoisotopic (exact) mass is 600 g/mol. The second-order valence-corrected chi connectivity index (χ2v) is 11.0. The summed E-state index contributed by atoms with van der Waals surface area (Å²) in [6, 6.07) is 0. The maximum atomic E-state index is 10.4. The van der Waals surface area contributed by atoms with Gasteiger partial charge in [0.15, 0.2) is 18.9 Å². The van der Waals surface area contributed by atoms with Gasteiger partial charge in [-0.25, -0.2) is 0 Å². The minimum atomic E-state index is -1.73. The summed E-state index contributed by atoms with van der Waals surface area (Å²) in [5, 5.41) is 92.1. The summed E-state index contributed by atoms with van der Waals surface area (Å²) in [6.45, 7) is 2.95. The summed E-state index contributed by atoms with van der Waals surface area (Å²) in [7, 11) is 0. The second kappa shape index (κ2) is 16.5. The van der Waals surface area contributed by atoms with Crippen molar-refractivity contribution in [3.63, 3.8) is 0 Å². The van der Waals surface area contributed by atoms with Crippen molar-refractivity contribution in [2.24, 2.45) is 0 Å². The van der Waals surface area contributed by atoms with Gasteiger partial charge in [0.25, 0.3) is 0 Å². The first-order valence-corrected chi connectivity index (χ1v) is 14.4. The van der Waals surface area contributed by atoms with Gasteiger partial charge in [0.2, 0.25) is 0 Å². The Hall–Kier alpha value is -0.600. The van der Waals surface area contributed by atoms with Gasteiger partial charge in [-0.05, 0) is 13.3 Å². The molecule has 0 aromatic rings. The van der Waals surface area contributed by atoms with E-state index < -0.39 is 105 Å². The van der Waals surface area contributed by atoms with E-state index in [1.165, 1.54) is 6.92 Å². The van der Waals surface area contributed by atoms with Gasteiger partial charge in [-0.3, -0.25) is 0 Å². The lowest BCUT2D eigenvalue weighted by atomic mass is 9.98. The van der Waals surface area contributed by atoms with Gasteiger partial charge in [-0.15, -0.1) is 0 Å². The maximum Gasteiger partial charge on any atom is 0.186 e. The van der Waals surface area contributed by atoms with E-state index in [4.69, 9.17) is 28.4 Å². The van der Waals surface area contributed by atoms with E-state index in [2.05, 4.69) is 6.92 Å². The predicted molar refractivity (Wildman–Crippen MR) is 137 cm³/mol. The van der Waals surface area contributed by atoms with Crippen LogP contribution < -0.4 is 0 Å². The quantitative estimate of drug-likeness (QED) is 0.0895. The fourth-order valence-electron chi connectivity index (χ4n) is 5.00. The molecule has 3 heterocycles. The number of rotatable bonds is 14. The van der Waals surface area contributed by atoms with Crippen LogP contribution in [0, 0.1) is 0 Å². The van der Waals surface area contributed by atoms with Crippen molar-refractivity contribution in [1.29, 1.82) is 0 Å². The molecular formula is C26H48O15. The Labute approximate surface area is 239 Å². The third-order valence-electron chi connectivity index (χ3n) is 7.77. The van der Waals surface area contributed by atoms with Crippen molar-refractivity contribution in [2.75, 3.05) is 19.8 Å². The molecule has 15 nitrogen and oxygen atoms in total. The zero-order valence-electron chi connectivity index (χ0n) is 23.5. The van der Waals surface area contributed by atoms with Crippen LogP contribution in [-0.2, 0) is 28.4 Å². The van der Waals surface area contributed by atoms with Crippen LogP contribution in [0.25, 0.3) is 0 Å². The molecule has 0 aliphatic carbocycles. The van der Waals surface area contributed by atoms with Gasteiger partial charge in [0.05, 0.1) is 19.3 Å². The molecule has 0 spiro atoms. The predicted octanol–water partition coefficient (Wildman–Crippen LogP) is -3.16. The van der Waals surface area contributed by atoms with Crippen LogP contribution in [0.2, 0.25) is 0 Å². The van der Waals surface area contributed by atoms with Crippen molar-refractivity contribution in [1.82, 2.24) is 0 Å². The summed E-state index contributed by atoms with van der Waals surface area (Å²) in [4.78, 5) is 0. The molecule has 242 valence electrons. The first-order chi connectivity index (χ1) is 19.5. The summed E-state index contributed by atoms with van der Waals surface area (Å²) >= 11 is 0. The standard InChI is InChI=1S/C26H48O15/c1-3-4-5-6-7-8-9-36-24-22(34)19(31)16(28)13(40-24)11-38-26-23(35)20(32)17(29)14(41-26)10-37-25-21(33)18(30)15(27)12(2)39-25/h12-35H,3-11H2,1-2H3/t12-,13+,14+,15+,16+,17-,18+,19-,20-,21-,22+,23+,24?,25?,26?/m0/s1. The highest BCUT2D eigenvalue weighted by Crippen LogP contribution is 2.28. The van der Waals surface area contributed by atoms with Gasteiger partial charge in [0.1, 0.15) is 67.1 Å². The van der Waals surface area contributed by atoms with Gasteiger partial charge >= 0.3 is 0 Å². The van der Waals surface area contributed by atoms with E-state index in [1.54, 1.807) is 0 Å². The third-order valence-corrected chi connectivity index (χ3v) is 7.77. The van der Waals surface area contributed by atoms with Gasteiger partial charge in [-0.1, -0.05) is 39.0 Å². The molecule has 9 N–H and O–H groups in total. The minimum Gasteiger partial charge on any atom is -0.388 e. The van der Waals surface area contributed by atoms with Crippen LogP contribution in [0.15, 0.2) is 0 Å². The number of aliphatic hydroxyl groups is 9. The van der Waals surface area contributed by atoms with Crippen LogP contribution in [0.1, 0.15) is 52.4 Å². The van der Waals surface area contributed by atoms with Crippen molar-refractivity contribution in [2.45, 2.75) is 144 Å². The molecule has 3 unspecified atom stereocenters. The summed E-state index contributed by atoms with van der Waals surface area (Å²) in [5.74, 6) is 0. The Morgan fingerprint density at radius 3 is 1.39 bits per heavy atom. The fraction of sp³-hybridized carbons (Fsp3) is 1.00. The molecule has 0 bridgehead atoms. The molecule has 3 saturated heterocycles.